The van der Waals surface area contributed by atoms with Gasteiger partial charge in [0.1, 0.15) is 24.7 Å². The summed E-state index contributed by atoms with van der Waals surface area (Å²) in [7, 11) is 1.74. The van der Waals surface area contributed by atoms with Crippen molar-refractivity contribution in [3.63, 3.8) is 0 Å². The van der Waals surface area contributed by atoms with Gasteiger partial charge in [0.15, 0.2) is 5.96 Å². The van der Waals surface area contributed by atoms with Gasteiger partial charge in [0, 0.05) is 38.8 Å². The minimum Gasteiger partial charge on any atom is -0.490 e. The van der Waals surface area contributed by atoms with E-state index >= 15 is 0 Å². The Morgan fingerprint density at radius 1 is 1.00 bits per heavy atom. The van der Waals surface area contributed by atoms with Crippen LogP contribution in [0.15, 0.2) is 76.5 Å². The Labute approximate surface area is 193 Å². The summed E-state index contributed by atoms with van der Waals surface area (Å²) in [5.41, 5.74) is 1.03. The van der Waals surface area contributed by atoms with Gasteiger partial charge >= 0.3 is 0 Å². The molecule has 0 fully saturated rings. The van der Waals surface area contributed by atoms with Crippen molar-refractivity contribution in [1.29, 1.82) is 0 Å². The first kappa shape index (κ1) is 23.5. The monoisotopic (exact) mass is 522 g/mol. The Bertz CT molecular complexity index is 856. The molecule has 0 atom stereocenters. The average Bonchev–Trinajstić information content (AvgIpc) is 3.29. The number of para-hydroxylation sites is 1. The van der Waals surface area contributed by atoms with Crippen LogP contribution in [0.1, 0.15) is 11.3 Å². The highest BCUT2D eigenvalue weighted by Gasteiger charge is 2.02. The molecule has 1 aromatic carbocycles. The zero-order valence-electron chi connectivity index (χ0n) is 16.9. The molecule has 0 bridgehead atoms. The fraction of sp³-hybridized carbons (Fsp3) is 0.273. The van der Waals surface area contributed by atoms with Crippen LogP contribution >= 0.6 is 24.0 Å². The molecule has 2 heterocycles. The zero-order valence-corrected chi connectivity index (χ0v) is 19.2. The first-order chi connectivity index (χ1) is 14.3. The molecule has 3 aromatic rings. The molecule has 0 unspecified atom stereocenters. The van der Waals surface area contributed by atoms with Crippen LogP contribution in [0, 0.1) is 0 Å². The fourth-order valence-electron chi connectivity index (χ4n) is 2.59. The van der Waals surface area contributed by atoms with Gasteiger partial charge in [0.25, 0.3) is 0 Å². The van der Waals surface area contributed by atoms with Crippen molar-refractivity contribution < 1.29 is 13.9 Å². The summed E-state index contributed by atoms with van der Waals surface area (Å²) in [5, 5.41) is 6.52. The van der Waals surface area contributed by atoms with Gasteiger partial charge in [-0.2, -0.15) is 0 Å². The lowest BCUT2D eigenvalue weighted by Crippen LogP contribution is -2.37. The SMILES string of the molecule is CN=C(NCCc1ccco1)NCc1ccc(OCCOc2ccccc2)nc1.I. The summed E-state index contributed by atoms with van der Waals surface area (Å²) in [6.45, 7) is 2.26. The third-order valence-electron chi connectivity index (χ3n) is 4.07. The van der Waals surface area contributed by atoms with Crippen molar-refractivity contribution in [2.75, 3.05) is 26.8 Å². The molecular formula is C22H27IN4O3. The number of guanidine groups is 1. The molecule has 30 heavy (non-hydrogen) atoms. The lowest BCUT2D eigenvalue weighted by molar-refractivity contribution is 0.212. The molecule has 2 aromatic heterocycles. The van der Waals surface area contributed by atoms with Gasteiger partial charge in [-0.25, -0.2) is 4.98 Å². The van der Waals surface area contributed by atoms with E-state index in [0.717, 1.165) is 36.0 Å². The highest BCUT2D eigenvalue weighted by atomic mass is 127. The number of nitrogens with one attached hydrogen (secondary N) is 2. The molecule has 0 aliphatic carbocycles. The number of ether oxygens (including phenoxy) is 2. The van der Waals surface area contributed by atoms with Crippen molar-refractivity contribution in [2.24, 2.45) is 4.99 Å². The van der Waals surface area contributed by atoms with Crippen LogP contribution in [-0.2, 0) is 13.0 Å². The maximum absolute atomic E-state index is 5.62. The minimum atomic E-state index is 0. The van der Waals surface area contributed by atoms with E-state index < -0.39 is 0 Å². The number of aromatic nitrogens is 1. The molecule has 0 saturated carbocycles. The molecule has 3 rings (SSSR count). The molecule has 0 amide bonds. The smallest absolute Gasteiger partial charge is 0.213 e. The van der Waals surface area contributed by atoms with E-state index in [-0.39, 0.29) is 24.0 Å². The van der Waals surface area contributed by atoms with Gasteiger partial charge in [-0.3, -0.25) is 4.99 Å². The normalized spacial score (nSPS) is 10.8. The molecule has 0 spiro atoms. The summed E-state index contributed by atoms with van der Waals surface area (Å²) in [4.78, 5) is 8.55. The van der Waals surface area contributed by atoms with Crippen molar-refractivity contribution >= 4 is 29.9 Å². The standard InChI is InChI=1S/C22H26N4O3.HI/c1-23-22(24-12-11-20-8-5-13-27-20)26-17-18-9-10-21(25-16-18)29-15-14-28-19-6-3-2-4-7-19;/h2-10,13,16H,11-12,14-15,17H2,1H3,(H2,23,24,26);1H. The lowest BCUT2D eigenvalue weighted by Gasteiger charge is -2.12. The molecule has 0 saturated heterocycles. The van der Waals surface area contributed by atoms with Crippen LogP contribution in [0.25, 0.3) is 0 Å². The van der Waals surface area contributed by atoms with Gasteiger partial charge in [0.2, 0.25) is 5.88 Å². The third kappa shape index (κ3) is 8.32. The predicted octanol–water partition coefficient (Wildman–Crippen LogP) is 3.66. The van der Waals surface area contributed by atoms with Crippen LogP contribution in [0.2, 0.25) is 0 Å². The first-order valence-corrected chi connectivity index (χ1v) is 9.56. The predicted molar refractivity (Wildman–Crippen MR) is 128 cm³/mol. The molecule has 160 valence electrons. The van der Waals surface area contributed by atoms with E-state index in [0.29, 0.717) is 25.6 Å². The van der Waals surface area contributed by atoms with Crippen molar-refractivity contribution in [1.82, 2.24) is 15.6 Å². The average molecular weight is 522 g/mol. The lowest BCUT2D eigenvalue weighted by atomic mass is 10.3. The maximum Gasteiger partial charge on any atom is 0.213 e. The molecule has 0 aliphatic heterocycles. The van der Waals surface area contributed by atoms with Crippen molar-refractivity contribution in [3.05, 3.63) is 78.4 Å². The summed E-state index contributed by atoms with van der Waals surface area (Å²) in [6, 6.07) is 17.3. The molecule has 0 aliphatic rings. The van der Waals surface area contributed by atoms with E-state index in [1.54, 1.807) is 19.5 Å². The quantitative estimate of drug-likeness (QED) is 0.183. The number of halogens is 1. The third-order valence-corrected chi connectivity index (χ3v) is 4.07. The Morgan fingerprint density at radius 2 is 1.83 bits per heavy atom. The van der Waals surface area contributed by atoms with E-state index in [1.807, 2.05) is 54.6 Å². The molecular weight excluding hydrogens is 495 g/mol. The van der Waals surface area contributed by atoms with E-state index in [1.165, 1.54) is 0 Å². The number of hydrogen-bond donors (Lipinski definition) is 2. The number of rotatable bonds is 10. The topological polar surface area (TPSA) is 80.9 Å². The van der Waals surface area contributed by atoms with Gasteiger partial charge < -0.3 is 24.5 Å². The fourth-order valence-corrected chi connectivity index (χ4v) is 2.59. The zero-order chi connectivity index (χ0) is 20.2. The summed E-state index contributed by atoms with van der Waals surface area (Å²) in [6.07, 6.45) is 4.27. The first-order valence-electron chi connectivity index (χ1n) is 9.56. The highest BCUT2D eigenvalue weighted by molar-refractivity contribution is 14.0. The number of aliphatic imine (C=N–C) groups is 1. The number of furan rings is 1. The van der Waals surface area contributed by atoms with Crippen LogP contribution in [0.4, 0.5) is 0 Å². The van der Waals surface area contributed by atoms with Gasteiger partial charge in [0.05, 0.1) is 6.26 Å². The summed E-state index contributed by atoms with van der Waals surface area (Å²) < 4.78 is 16.5. The van der Waals surface area contributed by atoms with Crippen LogP contribution < -0.4 is 20.1 Å². The number of benzene rings is 1. The number of nitrogens with zero attached hydrogens (tertiary/aromatic N) is 2. The molecule has 2 N–H and O–H groups in total. The van der Waals surface area contributed by atoms with Crippen LogP contribution in [0.5, 0.6) is 11.6 Å². The maximum atomic E-state index is 5.62. The summed E-state index contributed by atoms with van der Waals surface area (Å²) in [5.74, 6) is 3.08. The van der Waals surface area contributed by atoms with Gasteiger partial charge in [-0.1, -0.05) is 24.3 Å². The largest absolute Gasteiger partial charge is 0.490 e. The molecule has 7 nitrogen and oxygen atoms in total. The minimum absolute atomic E-state index is 0. The number of pyridine rings is 1. The molecule has 8 heteroatoms. The number of hydrogen-bond acceptors (Lipinski definition) is 5. The Balaban J connectivity index is 0.00000320. The van der Waals surface area contributed by atoms with Crippen LogP contribution in [-0.4, -0.2) is 37.7 Å². The highest BCUT2D eigenvalue weighted by Crippen LogP contribution is 2.10. The Hall–Kier alpha value is -2.75. The van der Waals surface area contributed by atoms with E-state index in [2.05, 4.69) is 20.6 Å². The van der Waals surface area contributed by atoms with Gasteiger partial charge in [-0.05, 0) is 29.8 Å². The Kier molecular flexibility index (Phi) is 10.6. The molecule has 0 radical (unpaired) electrons. The van der Waals surface area contributed by atoms with E-state index in [4.69, 9.17) is 13.9 Å². The second-order valence-corrected chi connectivity index (χ2v) is 6.20. The van der Waals surface area contributed by atoms with Crippen molar-refractivity contribution in [2.45, 2.75) is 13.0 Å². The Morgan fingerprint density at radius 3 is 2.53 bits per heavy atom. The van der Waals surface area contributed by atoms with Gasteiger partial charge in [-0.15, -0.1) is 24.0 Å². The summed E-state index contributed by atoms with van der Waals surface area (Å²) >= 11 is 0. The van der Waals surface area contributed by atoms with Crippen molar-refractivity contribution in [3.8, 4) is 11.6 Å². The second kappa shape index (κ2) is 13.5. The van der Waals surface area contributed by atoms with Crippen LogP contribution in [0.3, 0.4) is 0 Å². The van der Waals surface area contributed by atoms with E-state index in [9.17, 15) is 0 Å². The second-order valence-electron chi connectivity index (χ2n) is 6.20.